The van der Waals surface area contributed by atoms with Crippen LogP contribution >= 0.6 is 0 Å². The monoisotopic (exact) mass is 257 g/mol. The van der Waals surface area contributed by atoms with Gasteiger partial charge in [0.25, 0.3) is 5.91 Å². The highest BCUT2D eigenvalue weighted by Gasteiger charge is 2.20. The lowest BCUT2D eigenvalue weighted by molar-refractivity contribution is 0.0764. The third-order valence-electron chi connectivity index (χ3n) is 3.82. The van der Waals surface area contributed by atoms with E-state index in [1.54, 1.807) is 0 Å². The van der Waals surface area contributed by atoms with Crippen molar-refractivity contribution < 1.29 is 4.79 Å². The largest absolute Gasteiger partial charge is 0.361 e. The first-order chi connectivity index (χ1) is 9.25. The number of benzene rings is 1. The predicted octanol–water partition coefficient (Wildman–Crippen LogP) is 1.95. The molecule has 0 atom stereocenters. The fourth-order valence-electron chi connectivity index (χ4n) is 2.68. The average molecular weight is 257 g/mol. The highest BCUT2D eigenvalue weighted by molar-refractivity contribution is 6.05. The molecule has 3 rings (SSSR count). The molecule has 1 saturated heterocycles. The Hall–Kier alpha value is -1.81. The number of aromatic amines is 1. The number of carbonyl (C=O) groups excluding carboxylic acids is 1. The van der Waals surface area contributed by atoms with Crippen LogP contribution < -0.4 is 0 Å². The van der Waals surface area contributed by atoms with Gasteiger partial charge in [0.05, 0.1) is 11.1 Å². The molecule has 100 valence electrons. The Morgan fingerprint density at radius 2 is 2.05 bits per heavy atom. The molecule has 19 heavy (non-hydrogen) atoms. The van der Waals surface area contributed by atoms with Crippen molar-refractivity contribution >= 4 is 16.8 Å². The molecule has 4 heteroatoms. The fourth-order valence-corrected chi connectivity index (χ4v) is 2.68. The van der Waals surface area contributed by atoms with Gasteiger partial charge >= 0.3 is 0 Å². The fraction of sp³-hybridized carbons (Fsp3) is 0.400. The van der Waals surface area contributed by atoms with Crippen molar-refractivity contribution in [3.05, 3.63) is 36.0 Å². The average Bonchev–Trinajstić information content (AvgIpc) is 2.80. The number of hydrogen-bond donors (Lipinski definition) is 1. The van der Waals surface area contributed by atoms with E-state index in [0.717, 1.165) is 49.1 Å². The van der Waals surface area contributed by atoms with Gasteiger partial charge in [-0.25, -0.2) is 0 Å². The molecule has 1 fully saturated rings. The smallest absolute Gasteiger partial charge is 0.256 e. The summed E-state index contributed by atoms with van der Waals surface area (Å²) in [4.78, 5) is 20.1. The van der Waals surface area contributed by atoms with Gasteiger partial charge in [-0.15, -0.1) is 0 Å². The van der Waals surface area contributed by atoms with Gasteiger partial charge in [-0.05, 0) is 32.1 Å². The zero-order chi connectivity index (χ0) is 13.2. The van der Waals surface area contributed by atoms with Crippen molar-refractivity contribution in [1.29, 1.82) is 0 Å². The summed E-state index contributed by atoms with van der Waals surface area (Å²) in [5.74, 6) is 0.142. The molecule has 2 aromatic rings. The van der Waals surface area contributed by atoms with Crippen LogP contribution in [0.3, 0.4) is 0 Å². The topological polar surface area (TPSA) is 39.3 Å². The first kappa shape index (κ1) is 12.2. The summed E-state index contributed by atoms with van der Waals surface area (Å²) in [6, 6.07) is 7.89. The molecule has 0 bridgehead atoms. The molecule has 2 heterocycles. The van der Waals surface area contributed by atoms with Gasteiger partial charge < -0.3 is 14.8 Å². The Balaban J connectivity index is 1.89. The maximum Gasteiger partial charge on any atom is 0.256 e. The van der Waals surface area contributed by atoms with Crippen LogP contribution in [-0.2, 0) is 0 Å². The number of likely N-dealkylation sites (N-methyl/N-ethyl adjacent to an activating group) is 1. The first-order valence-electron chi connectivity index (χ1n) is 6.79. The number of fused-ring (bicyclic) bond motifs is 1. The maximum atomic E-state index is 12.7. The number of carbonyl (C=O) groups is 1. The SMILES string of the molecule is CN1CCCN(C(=O)c2cccc3cc[nH]c23)CC1. The Labute approximate surface area is 113 Å². The van der Waals surface area contributed by atoms with E-state index in [1.807, 2.05) is 35.4 Å². The number of hydrogen-bond acceptors (Lipinski definition) is 2. The summed E-state index contributed by atoms with van der Waals surface area (Å²) < 4.78 is 0. The molecule has 1 aliphatic heterocycles. The number of aromatic nitrogens is 1. The number of rotatable bonds is 1. The molecular weight excluding hydrogens is 238 g/mol. The van der Waals surface area contributed by atoms with Crippen LogP contribution in [-0.4, -0.2) is 53.9 Å². The second-order valence-corrected chi connectivity index (χ2v) is 5.20. The lowest BCUT2D eigenvalue weighted by atomic mass is 10.1. The van der Waals surface area contributed by atoms with Gasteiger partial charge in [0.15, 0.2) is 0 Å². The van der Waals surface area contributed by atoms with Crippen LogP contribution in [0.25, 0.3) is 10.9 Å². The summed E-state index contributed by atoms with van der Waals surface area (Å²) in [6.45, 7) is 3.68. The molecule has 0 saturated carbocycles. The Bertz CT molecular complexity index is 590. The van der Waals surface area contributed by atoms with Crippen LogP contribution in [0.2, 0.25) is 0 Å². The standard InChI is InChI=1S/C15H19N3O/c1-17-8-3-9-18(11-10-17)15(19)13-5-2-4-12-6-7-16-14(12)13/h2,4-7,16H,3,8-11H2,1H3. The van der Waals surface area contributed by atoms with Crippen LogP contribution in [0.5, 0.6) is 0 Å². The van der Waals surface area contributed by atoms with E-state index in [2.05, 4.69) is 16.9 Å². The van der Waals surface area contributed by atoms with Crippen LogP contribution in [0.15, 0.2) is 30.5 Å². The molecule has 1 aromatic heterocycles. The Kier molecular flexibility index (Phi) is 3.25. The van der Waals surface area contributed by atoms with Gasteiger partial charge in [0.1, 0.15) is 0 Å². The molecule has 0 spiro atoms. The minimum atomic E-state index is 0.142. The van der Waals surface area contributed by atoms with Crippen LogP contribution in [0, 0.1) is 0 Å². The maximum absolute atomic E-state index is 12.7. The van der Waals surface area contributed by atoms with Crippen molar-refractivity contribution in [2.75, 3.05) is 33.2 Å². The molecule has 1 N–H and O–H groups in total. The van der Waals surface area contributed by atoms with E-state index in [4.69, 9.17) is 0 Å². The van der Waals surface area contributed by atoms with Gasteiger partial charge in [-0.3, -0.25) is 4.79 Å². The minimum absolute atomic E-state index is 0.142. The van der Waals surface area contributed by atoms with Crippen molar-refractivity contribution in [3.8, 4) is 0 Å². The quantitative estimate of drug-likeness (QED) is 0.848. The number of nitrogens with zero attached hydrogens (tertiary/aromatic N) is 2. The first-order valence-corrected chi connectivity index (χ1v) is 6.79. The Morgan fingerprint density at radius 3 is 2.95 bits per heavy atom. The zero-order valence-electron chi connectivity index (χ0n) is 11.2. The van der Waals surface area contributed by atoms with Gasteiger partial charge in [0.2, 0.25) is 0 Å². The van der Waals surface area contributed by atoms with E-state index in [9.17, 15) is 4.79 Å². The third kappa shape index (κ3) is 2.36. The van der Waals surface area contributed by atoms with Crippen molar-refractivity contribution in [2.24, 2.45) is 0 Å². The van der Waals surface area contributed by atoms with Gasteiger partial charge in [-0.2, -0.15) is 0 Å². The van der Waals surface area contributed by atoms with Crippen LogP contribution in [0.4, 0.5) is 0 Å². The second kappa shape index (κ2) is 5.05. The van der Waals surface area contributed by atoms with Crippen molar-refractivity contribution in [2.45, 2.75) is 6.42 Å². The van der Waals surface area contributed by atoms with Crippen molar-refractivity contribution in [3.63, 3.8) is 0 Å². The lowest BCUT2D eigenvalue weighted by Crippen LogP contribution is -2.34. The van der Waals surface area contributed by atoms with E-state index >= 15 is 0 Å². The van der Waals surface area contributed by atoms with Crippen LogP contribution in [0.1, 0.15) is 16.8 Å². The number of H-pyrrole nitrogens is 1. The van der Waals surface area contributed by atoms with Crippen molar-refractivity contribution in [1.82, 2.24) is 14.8 Å². The molecule has 1 aromatic carbocycles. The lowest BCUT2D eigenvalue weighted by Gasteiger charge is -2.21. The Morgan fingerprint density at radius 1 is 1.16 bits per heavy atom. The summed E-state index contributed by atoms with van der Waals surface area (Å²) in [5, 5.41) is 1.10. The third-order valence-corrected chi connectivity index (χ3v) is 3.82. The summed E-state index contributed by atoms with van der Waals surface area (Å²) >= 11 is 0. The molecule has 0 radical (unpaired) electrons. The molecule has 4 nitrogen and oxygen atoms in total. The molecule has 0 unspecified atom stereocenters. The summed E-state index contributed by atoms with van der Waals surface area (Å²) in [5.41, 5.74) is 1.73. The van der Waals surface area contributed by atoms with E-state index < -0.39 is 0 Å². The highest BCUT2D eigenvalue weighted by atomic mass is 16.2. The normalized spacial score (nSPS) is 17.6. The zero-order valence-corrected chi connectivity index (χ0v) is 11.2. The minimum Gasteiger partial charge on any atom is -0.361 e. The summed E-state index contributed by atoms with van der Waals surface area (Å²) in [7, 11) is 2.11. The predicted molar refractivity (Wildman–Crippen MR) is 76.3 cm³/mol. The molecule has 1 aliphatic rings. The highest BCUT2D eigenvalue weighted by Crippen LogP contribution is 2.19. The summed E-state index contributed by atoms with van der Waals surface area (Å²) in [6.07, 6.45) is 2.93. The molecular formula is C15H19N3O. The van der Waals surface area contributed by atoms with Gasteiger partial charge in [-0.1, -0.05) is 12.1 Å². The van der Waals surface area contributed by atoms with E-state index in [-0.39, 0.29) is 5.91 Å². The molecule has 0 aliphatic carbocycles. The van der Waals surface area contributed by atoms with Gasteiger partial charge in [0, 0.05) is 31.2 Å². The number of nitrogens with one attached hydrogen (secondary N) is 1. The number of para-hydroxylation sites is 1. The van der Waals surface area contributed by atoms with E-state index in [0.29, 0.717) is 0 Å². The van der Waals surface area contributed by atoms with E-state index in [1.165, 1.54) is 0 Å². The number of amides is 1. The second-order valence-electron chi connectivity index (χ2n) is 5.20. The molecule has 1 amide bonds.